The van der Waals surface area contributed by atoms with Crippen molar-refractivity contribution in [3.05, 3.63) is 0 Å². The Labute approximate surface area is 111 Å². The summed E-state index contributed by atoms with van der Waals surface area (Å²) in [5.74, 6) is 1.58. The van der Waals surface area contributed by atoms with Gasteiger partial charge in [0.2, 0.25) is 0 Å². The molecule has 2 aliphatic heterocycles. The van der Waals surface area contributed by atoms with Crippen LogP contribution in [-0.4, -0.2) is 43.8 Å². The molecule has 0 bridgehead atoms. The van der Waals surface area contributed by atoms with E-state index in [-0.39, 0.29) is 12.4 Å². The van der Waals surface area contributed by atoms with Gasteiger partial charge in [-0.3, -0.25) is 0 Å². The summed E-state index contributed by atoms with van der Waals surface area (Å²) < 4.78 is 5.41. The molecule has 2 rings (SSSR count). The van der Waals surface area contributed by atoms with Crippen molar-refractivity contribution < 1.29 is 4.74 Å². The third-order valence-electron chi connectivity index (χ3n) is 4.25. The number of halogens is 1. The smallest absolute Gasteiger partial charge is 0.0495 e. The second-order valence-corrected chi connectivity index (χ2v) is 5.56. The van der Waals surface area contributed by atoms with Gasteiger partial charge in [0.1, 0.15) is 0 Å². The van der Waals surface area contributed by atoms with Gasteiger partial charge in [-0.05, 0) is 64.1 Å². The molecule has 0 amide bonds. The Morgan fingerprint density at radius 2 is 2.00 bits per heavy atom. The van der Waals surface area contributed by atoms with Gasteiger partial charge in [-0.1, -0.05) is 0 Å². The lowest BCUT2D eigenvalue weighted by atomic mass is 9.90. The summed E-state index contributed by atoms with van der Waals surface area (Å²) in [7, 11) is 0. The molecular formula is C13H27ClN2O. The number of ether oxygens (including phenoxy) is 1. The molecule has 102 valence electrons. The van der Waals surface area contributed by atoms with Crippen molar-refractivity contribution in [2.45, 2.75) is 38.6 Å². The van der Waals surface area contributed by atoms with Gasteiger partial charge in [-0.15, -0.1) is 12.4 Å². The first-order valence-corrected chi connectivity index (χ1v) is 6.81. The number of hydrogen-bond donors (Lipinski definition) is 1. The van der Waals surface area contributed by atoms with E-state index < -0.39 is 0 Å². The Morgan fingerprint density at radius 1 is 1.29 bits per heavy atom. The zero-order valence-electron chi connectivity index (χ0n) is 10.9. The molecule has 2 N–H and O–H groups in total. The number of nitrogens with zero attached hydrogens (tertiary/aromatic N) is 1. The predicted molar refractivity (Wildman–Crippen MR) is 73.6 cm³/mol. The van der Waals surface area contributed by atoms with Crippen LogP contribution in [0.15, 0.2) is 0 Å². The molecule has 2 fully saturated rings. The second-order valence-electron chi connectivity index (χ2n) is 5.56. The van der Waals surface area contributed by atoms with Crippen LogP contribution in [0.5, 0.6) is 0 Å². The highest BCUT2D eigenvalue weighted by molar-refractivity contribution is 5.85. The number of likely N-dealkylation sites (tertiary alicyclic amines) is 1. The van der Waals surface area contributed by atoms with Gasteiger partial charge < -0.3 is 15.4 Å². The summed E-state index contributed by atoms with van der Waals surface area (Å²) in [6.07, 6.45) is 5.18. The lowest BCUT2D eigenvalue weighted by Gasteiger charge is -2.34. The summed E-state index contributed by atoms with van der Waals surface area (Å²) in [4.78, 5) is 2.61. The average molecular weight is 263 g/mol. The highest BCUT2D eigenvalue weighted by atomic mass is 35.5. The minimum atomic E-state index is 0. The van der Waals surface area contributed by atoms with Gasteiger partial charge in [-0.25, -0.2) is 0 Å². The molecule has 4 heteroatoms. The van der Waals surface area contributed by atoms with Crippen molar-refractivity contribution in [1.29, 1.82) is 0 Å². The van der Waals surface area contributed by atoms with Crippen LogP contribution >= 0.6 is 12.4 Å². The molecule has 2 aliphatic rings. The van der Waals surface area contributed by atoms with Gasteiger partial charge in [0.15, 0.2) is 0 Å². The molecule has 2 saturated heterocycles. The van der Waals surface area contributed by atoms with Crippen LogP contribution in [0.3, 0.4) is 0 Å². The Morgan fingerprint density at radius 3 is 2.53 bits per heavy atom. The number of piperidine rings is 1. The highest BCUT2D eigenvalue weighted by Crippen LogP contribution is 2.22. The number of nitrogens with two attached hydrogens (primary N) is 1. The summed E-state index contributed by atoms with van der Waals surface area (Å²) in [5.41, 5.74) is 5.95. The molecule has 17 heavy (non-hydrogen) atoms. The van der Waals surface area contributed by atoms with Crippen LogP contribution in [-0.2, 0) is 4.74 Å². The van der Waals surface area contributed by atoms with Crippen molar-refractivity contribution >= 4 is 12.4 Å². The summed E-state index contributed by atoms with van der Waals surface area (Å²) in [5, 5.41) is 0. The molecule has 2 unspecified atom stereocenters. The fourth-order valence-electron chi connectivity index (χ4n) is 2.88. The zero-order chi connectivity index (χ0) is 11.4. The number of rotatable bonds is 4. The van der Waals surface area contributed by atoms with Crippen LogP contribution in [0.1, 0.15) is 32.6 Å². The van der Waals surface area contributed by atoms with E-state index in [1.54, 1.807) is 0 Å². The first kappa shape index (κ1) is 15.2. The van der Waals surface area contributed by atoms with Crippen LogP contribution in [0, 0.1) is 11.8 Å². The van der Waals surface area contributed by atoms with E-state index in [9.17, 15) is 0 Å². The van der Waals surface area contributed by atoms with E-state index in [0.29, 0.717) is 6.04 Å². The molecule has 3 nitrogen and oxygen atoms in total. The fourth-order valence-corrected chi connectivity index (χ4v) is 2.88. The van der Waals surface area contributed by atoms with Crippen molar-refractivity contribution in [3.8, 4) is 0 Å². The van der Waals surface area contributed by atoms with Crippen molar-refractivity contribution in [1.82, 2.24) is 4.90 Å². The molecule has 2 atom stereocenters. The van der Waals surface area contributed by atoms with E-state index in [2.05, 4.69) is 11.8 Å². The third kappa shape index (κ3) is 4.74. The first-order valence-electron chi connectivity index (χ1n) is 6.81. The molecule has 0 aromatic rings. The largest absolute Gasteiger partial charge is 0.381 e. The lowest BCUT2D eigenvalue weighted by Crippen LogP contribution is -2.40. The van der Waals surface area contributed by atoms with Gasteiger partial charge >= 0.3 is 0 Å². The average Bonchev–Trinajstić information content (AvgIpc) is 2.80. The first-order chi connectivity index (χ1) is 7.75. The molecule has 0 saturated carbocycles. The topological polar surface area (TPSA) is 38.5 Å². The van der Waals surface area contributed by atoms with Gasteiger partial charge in [0.25, 0.3) is 0 Å². The monoisotopic (exact) mass is 262 g/mol. The Balaban J connectivity index is 0.00000144. The Kier molecular flexibility index (Phi) is 6.78. The van der Waals surface area contributed by atoms with Gasteiger partial charge in [-0.2, -0.15) is 0 Å². The van der Waals surface area contributed by atoms with Crippen LogP contribution in [0.2, 0.25) is 0 Å². The number of hydrogen-bond acceptors (Lipinski definition) is 3. The zero-order valence-corrected chi connectivity index (χ0v) is 11.8. The minimum absolute atomic E-state index is 0. The lowest BCUT2D eigenvalue weighted by molar-refractivity contribution is 0.153. The standard InChI is InChI=1S/C13H26N2O.ClH/c1-11(14)13-3-7-15(8-4-13)6-2-12-5-9-16-10-12;/h11-13H,2-10,14H2,1H3;1H. The van der Waals surface area contributed by atoms with Crippen molar-refractivity contribution in [3.63, 3.8) is 0 Å². The Bertz CT molecular complexity index is 200. The second kappa shape index (κ2) is 7.57. The minimum Gasteiger partial charge on any atom is -0.381 e. The molecule has 2 heterocycles. The molecular weight excluding hydrogens is 236 g/mol. The predicted octanol–water partition coefficient (Wildman–Crippen LogP) is 1.89. The van der Waals surface area contributed by atoms with E-state index in [4.69, 9.17) is 10.5 Å². The highest BCUT2D eigenvalue weighted by Gasteiger charge is 2.23. The quantitative estimate of drug-likeness (QED) is 0.841. The van der Waals surface area contributed by atoms with Crippen LogP contribution in [0.4, 0.5) is 0 Å². The normalized spacial score (nSPS) is 28.9. The van der Waals surface area contributed by atoms with E-state index in [1.165, 1.54) is 45.3 Å². The summed E-state index contributed by atoms with van der Waals surface area (Å²) in [6.45, 7) is 7.89. The van der Waals surface area contributed by atoms with Crippen LogP contribution < -0.4 is 5.73 Å². The molecule has 0 aliphatic carbocycles. The molecule has 0 aromatic heterocycles. The SMILES string of the molecule is CC(N)C1CCN(CCC2CCOC2)CC1.Cl. The van der Waals surface area contributed by atoms with Crippen molar-refractivity contribution in [2.75, 3.05) is 32.8 Å². The van der Waals surface area contributed by atoms with Crippen LogP contribution in [0.25, 0.3) is 0 Å². The van der Waals surface area contributed by atoms with Crippen molar-refractivity contribution in [2.24, 2.45) is 17.6 Å². The van der Waals surface area contributed by atoms with E-state index >= 15 is 0 Å². The Hall–Kier alpha value is 0.170. The summed E-state index contributed by atoms with van der Waals surface area (Å²) >= 11 is 0. The summed E-state index contributed by atoms with van der Waals surface area (Å²) in [6, 6.07) is 0.380. The van der Waals surface area contributed by atoms with E-state index in [1.807, 2.05) is 0 Å². The maximum atomic E-state index is 5.95. The molecule has 0 aromatic carbocycles. The van der Waals surface area contributed by atoms with Gasteiger partial charge in [0.05, 0.1) is 0 Å². The van der Waals surface area contributed by atoms with Gasteiger partial charge in [0, 0.05) is 19.3 Å². The molecule has 0 spiro atoms. The fraction of sp³-hybridized carbons (Fsp3) is 1.00. The maximum Gasteiger partial charge on any atom is 0.0495 e. The molecule has 0 radical (unpaired) electrons. The van der Waals surface area contributed by atoms with E-state index in [0.717, 1.165) is 25.0 Å². The maximum absolute atomic E-state index is 5.95. The third-order valence-corrected chi connectivity index (χ3v) is 4.25.